The lowest BCUT2D eigenvalue weighted by atomic mass is 9.82. The molecule has 0 saturated heterocycles. The number of nitrogens with two attached hydrogens (primary N) is 1. The number of hydrogen-bond donors (Lipinski definition) is 2. The molecule has 3 aromatic rings. The average molecular weight is 416 g/mol. The molecule has 1 unspecified atom stereocenters. The van der Waals surface area contributed by atoms with Crippen molar-refractivity contribution < 1.29 is 9.90 Å². The molecule has 3 N–H and O–H groups in total. The molecule has 0 heterocycles. The number of benzene rings is 3. The molecule has 0 bridgehead atoms. The zero-order valence-corrected chi connectivity index (χ0v) is 18.3. The largest absolute Gasteiger partial charge is 0.481 e. The van der Waals surface area contributed by atoms with Crippen LogP contribution in [0.3, 0.4) is 0 Å². The SMILES string of the molecule is CCC(C(=O)O)c1ccc(-c2ccccc2)cc1.N[C@@H]1CCC[C@H](c2ccccc2)C1. The molecular formula is C28H33NO2. The minimum absolute atomic E-state index is 0.408. The van der Waals surface area contributed by atoms with E-state index in [4.69, 9.17) is 10.8 Å². The topological polar surface area (TPSA) is 63.3 Å². The van der Waals surface area contributed by atoms with E-state index in [1.165, 1.54) is 31.2 Å². The fraction of sp³-hybridized carbons (Fsp3) is 0.321. The molecule has 1 aliphatic rings. The van der Waals surface area contributed by atoms with Crippen LogP contribution in [0.1, 0.15) is 62.0 Å². The van der Waals surface area contributed by atoms with Crippen LogP contribution in [0.15, 0.2) is 84.9 Å². The lowest BCUT2D eigenvalue weighted by Crippen LogP contribution is -2.26. The van der Waals surface area contributed by atoms with Crippen LogP contribution in [0.2, 0.25) is 0 Å². The first kappa shape index (κ1) is 22.8. The maximum Gasteiger partial charge on any atom is 0.310 e. The van der Waals surface area contributed by atoms with E-state index < -0.39 is 11.9 Å². The predicted octanol–water partition coefficient (Wildman–Crippen LogP) is 6.60. The summed E-state index contributed by atoms with van der Waals surface area (Å²) in [5, 5.41) is 9.11. The van der Waals surface area contributed by atoms with E-state index in [1.807, 2.05) is 61.5 Å². The molecule has 0 spiro atoms. The normalized spacial score (nSPS) is 19.0. The van der Waals surface area contributed by atoms with Crippen LogP contribution in [-0.2, 0) is 4.79 Å². The third kappa shape index (κ3) is 6.53. The second kappa shape index (κ2) is 11.5. The first-order valence-electron chi connectivity index (χ1n) is 11.3. The molecule has 3 atom stereocenters. The molecule has 1 saturated carbocycles. The van der Waals surface area contributed by atoms with Gasteiger partial charge in [0.2, 0.25) is 0 Å². The summed E-state index contributed by atoms with van der Waals surface area (Å²) in [6, 6.07) is 29.0. The predicted molar refractivity (Wildman–Crippen MR) is 128 cm³/mol. The molecule has 3 nitrogen and oxygen atoms in total. The van der Waals surface area contributed by atoms with Crippen LogP contribution in [0.25, 0.3) is 11.1 Å². The van der Waals surface area contributed by atoms with Gasteiger partial charge in [0.25, 0.3) is 0 Å². The fourth-order valence-corrected chi connectivity index (χ4v) is 4.35. The van der Waals surface area contributed by atoms with E-state index >= 15 is 0 Å². The molecule has 31 heavy (non-hydrogen) atoms. The van der Waals surface area contributed by atoms with Gasteiger partial charge in [-0.05, 0) is 53.9 Å². The quantitative estimate of drug-likeness (QED) is 0.493. The third-order valence-electron chi connectivity index (χ3n) is 6.11. The Balaban J connectivity index is 0.000000185. The fourth-order valence-electron chi connectivity index (χ4n) is 4.35. The summed E-state index contributed by atoms with van der Waals surface area (Å²) in [5.74, 6) is -0.454. The Morgan fingerprint density at radius 2 is 1.48 bits per heavy atom. The van der Waals surface area contributed by atoms with Crippen LogP contribution in [0.5, 0.6) is 0 Å². The number of aliphatic carboxylic acids is 1. The highest BCUT2D eigenvalue weighted by atomic mass is 16.4. The van der Waals surface area contributed by atoms with Crippen molar-refractivity contribution in [3.8, 4) is 11.1 Å². The van der Waals surface area contributed by atoms with E-state index in [0.717, 1.165) is 16.7 Å². The minimum Gasteiger partial charge on any atom is -0.481 e. The van der Waals surface area contributed by atoms with Gasteiger partial charge in [0.15, 0.2) is 0 Å². The van der Waals surface area contributed by atoms with Gasteiger partial charge in [0, 0.05) is 6.04 Å². The summed E-state index contributed by atoms with van der Waals surface area (Å²) >= 11 is 0. The first-order valence-corrected chi connectivity index (χ1v) is 11.3. The van der Waals surface area contributed by atoms with Crippen LogP contribution in [-0.4, -0.2) is 17.1 Å². The highest BCUT2D eigenvalue weighted by molar-refractivity contribution is 5.76. The van der Waals surface area contributed by atoms with Gasteiger partial charge >= 0.3 is 5.97 Å². The van der Waals surface area contributed by atoms with E-state index in [-0.39, 0.29) is 0 Å². The molecule has 0 aliphatic heterocycles. The number of rotatable bonds is 5. The number of hydrogen-bond acceptors (Lipinski definition) is 2. The van der Waals surface area contributed by atoms with Gasteiger partial charge in [-0.1, -0.05) is 98.3 Å². The van der Waals surface area contributed by atoms with Gasteiger partial charge in [0.1, 0.15) is 0 Å². The Hall–Kier alpha value is -2.91. The summed E-state index contributed by atoms with van der Waals surface area (Å²) in [7, 11) is 0. The summed E-state index contributed by atoms with van der Waals surface area (Å²) in [6.45, 7) is 1.89. The Morgan fingerprint density at radius 3 is 2.03 bits per heavy atom. The molecule has 4 rings (SSSR count). The van der Waals surface area contributed by atoms with Crippen molar-refractivity contribution in [2.75, 3.05) is 0 Å². The number of carboxylic acids is 1. The maximum atomic E-state index is 11.1. The third-order valence-corrected chi connectivity index (χ3v) is 6.11. The van der Waals surface area contributed by atoms with Gasteiger partial charge < -0.3 is 10.8 Å². The van der Waals surface area contributed by atoms with Crippen molar-refractivity contribution in [3.05, 3.63) is 96.1 Å². The number of carboxylic acid groups (broad SMARTS) is 1. The van der Waals surface area contributed by atoms with Gasteiger partial charge in [-0.25, -0.2) is 0 Å². The zero-order chi connectivity index (χ0) is 22.1. The highest BCUT2D eigenvalue weighted by Crippen LogP contribution is 2.31. The maximum absolute atomic E-state index is 11.1. The van der Waals surface area contributed by atoms with Crippen LogP contribution in [0, 0.1) is 0 Å². The van der Waals surface area contributed by atoms with Crippen molar-refractivity contribution in [2.45, 2.75) is 56.9 Å². The van der Waals surface area contributed by atoms with Gasteiger partial charge in [-0.15, -0.1) is 0 Å². The molecule has 1 aliphatic carbocycles. The lowest BCUT2D eigenvalue weighted by molar-refractivity contribution is -0.138. The van der Waals surface area contributed by atoms with E-state index in [1.54, 1.807) is 0 Å². The van der Waals surface area contributed by atoms with E-state index in [2.05, 4.69) is 30.3 Å². The second-order valence-corrected chi connectivity index (χ2v) is 8.32. The molecule has 3 heteroatoms. The Kier molecular flexibility index (Phi) is 8.43. The highest BCUT2D eigenvalue weighted by Gasteiger charge is 2.20. The van der Waals surface area contributed by atoms with Gasteiger partial charge in [-0.2, -0.15) is 0 Å². The summed E-state index contributed by atoms with van der Waals surface area (Å²) in [4.78, 5) is 11.1. The molecule has 162 valence electrons. The zero-order valence-electron chi connectivity index (χ0n) is 18.3. The Labute approximate surface area is 185 Å². The van der Waals surface area contributed by atoms with Crippen LogP contribution in [0.4, 0.5) is 0 Å². The minimum atomic E-state index is -0.759. The molecule has 0 radical (unpaired) electrons. The summed E-state index contributed by atoms with van der Waals surface area (Å²) in [6.07, 6.45) is 5.60. The van der Waals surface area contributed by atoms with Crippen molar-refractivity contribution in [2.24, 2.45) is 5.73 Å². The van der Waals surface area contributed by atoms with Crippen molar-refractivity contribution >= 4 is 5.97 Å². The molecule has 1 fully saturated rings. The Bertz CT molecular complexity index is 922. The second-order valence-electron chi connectivity index (χ2n) is 8.32. The van der Waals surface area contributed by atoms with E-state index in [0.29, 0.717) is 18.4 Å². The molecule has 0 amide bonds. The lowest BCUT2D eigenvalue weighted by Gasteiger charge is -2.26. The first-order chi connectivity index (χ1) is 15.1. The Morgan fingerprint density at radius 1 is 0.903 bits per heavy atom. The van der Waals surface area contributed by atoms with Crippen LogP contribution < -0.4 is 5.73 Å². The monoisotopic (exact) mass is 415 g/mol. The molecule has 3 aromatic carbocycles. The van der Waals surface area contributed by atoms with Gasteiger partial charge in [-0.3, -0.25) is 4.79 Å². The average Bonchev–Trinajstić information content (AvgIpc) is 2.81. The molecule has 0 aromatic heterocycles. The van der Waals surface area contributed by atoms with Crippen LogP contribution >= 0.6 is 0 Å². The summed E-state index contributed by atoms with van der Waals surface area (Å²) in [5.41, 5.74) is 10.6. The standard InChI is InChI=1S/C16H16O2.C12H17N/c1-2-15(16(17)18)14-10-8-13(9-11-14)12-6-4-3-5-7-12;13-12-8-4-7-11(9-12)10-5-2-1-3-6-10/h3-11,15H,2H2,1H3,(H,17,18);1-3,5-6,11-12H,4,7-9,13H2/t;11-,12+/m.0/s1. The number of carbonyl (C=O) groups is 1. The molecular weight excluding hydrogens is 382 g/mol. The van der Waals surface area contributed by atoms with Gasteiger partial charge in [0.05, 0.1) is 5.92 Å². The van der Waals surface area contributed by atoms with Crippen molar-refractivity contribution in [1.29, 1.82) is 0 Å². The van der Waals surface area contributed by atoms with Crippen molar-refractivity contribution in [1.82, 2.24) is 0 Å². The summed E-state index contributed by atoms with van der Waals surface area (Å²) < 4.78 is 0. The van der Waals surface area contributed by atoms with Crippen molar-refractivity contribution in [3.63, 3.8) is 0 Å². The van der Waals surface area contributed by atoms with E-state index in [9.17, 15) is 4.79 Å². The smallest absolute Gasteiger partial charge is 0.310 e.